The van der Waals surface area contributed by atoms with E-state index in [0.29, 0.717) is 0 Å². The highest BCUT2D eigenvalue weighted by atomic mass is 16.5. The Labute approximate surface area is 178 Å². The maximum atomic E-state index is 5.45. The molecule has 0 aromatic carbocycles. The molecule has 1 rings (SSSR count). The number of rotatable bonds is 21. The van der Waals surface area contributed by atoms with Crippen LogP contribution < -0.4 is 0 Å². The molecule has 0 saturated carbocycles. The molecule has 0 unspecified atom stereocenters. The smallest absolute Gasteiger partial charge is 0.0468 e. The van der Waals surface area contributed by atoms with Crippen LogP contribution in [0, 0.1) is 5.92 Å². The summed E-state index contributed by atoms with van der Waals surface area (Å²) in [6.07, 6.45) is 33.6. The second-order valence-corrected chi connectivity index (χ2v) is 9.56. The van der Waals surface area contributed by atoms with Gasteiger partial charge in [-0.2, -0.15) is 0 Å². The second-order valence-electron chi connectivity index (χ2n) is 9.56. The molecule has 1 fully saturated rings. The molecule has 0 atom stereocenters. The summed E-state index contributed by atoms with van der Waals surface area (Å²) in [6, 6.07) is 0. The van der Waals surface area contributed by atoms with E-state index in [4.69, 9.17) is 4.74 Å². The average Bonchev–Trinajstić information content (AvgIpc) is 2.73. The first-order valence-electron chi connectivity index (χ1n) is 13.5. The standard InChI is InChI=1S/C27H54O/c1-2-3-4-5-6-7-8-9-10-11-12-13-14-15-16-17-18-19-20-21-22-27-23-25-28-26-24-27/h27H,2-26H2,1H3. The third-order valence-electron chi connectivity index (χ3n) is 6.81. The summed E-state index contributed by atoms with van der Waals surface area (Å²) in [4.78, 5) is 0. The monoisotopic (exact) mass is 394 g/mol. The van der Waals surface area contributed by atoms with Crippen molar-refractivity contribution in [1.82, 2.24) is 0 Å². The van der Waals surface area contributed by atoms with Gasteiger partial charge in [-0.25, -0.2) is 0 Å². The second kappa shape index (κ2) is 21.7. The highest BCUT2D eigenvalue weighted by Crippen LogP contribution is 2.22. The predicted octanol–water partition coefficient (Wildman–Crippen LogP) is 9.62. The first-order valence-corrected chi connectivity index (χ1v) is 13.5. The zero-order chi connectivity index (χ0) is 20.0. The van der Waals surface area contributed by atoms with Gasteiger partial charge in [0.25, 0.3) is 0 Å². The Hall–Kier alpha value is -0.0400. The van der Waals surface area contributed by atoms with Crippen molar-refractivity contribution in [2.24, 2.45) is 5.92 Å². The van der Waals surface area contributed by atoms with Gasteiger partial charge in [0.05, 0.1) is 0 Å². The van der Waals surface area contributed by atoms with E-state index in [9.17, 15) is 0 Å². The van der Waals surface area contributed by atoms with Crippen molar-refractivity contribution in [3.63, 3.8) is 0 Å². The van der Waals surface area contributed by atoms with Gasteiger partial charge in [-0.05, 0) is 18.8 Å². The summed E-state index contributed by atoms with van der Waals surface area (Å²) >= 11 is 0. The van der Waals surface area contributed by atoms with E-state index < -0.39 is 0 Å². The number of unbranched alkanes of at least 4 members (excludes halogenated alkanes) is 19. The van der Waals surface area contributed by atoms with Gasteiger partial charge in [0.15, 0.2) is 0 Å². The van der Waals surface area contributed by atoms with Gasteiger partial charge in [-0.15, -0.1) is 0 Å². The lowest BCUT2D eigenvalue weighted by Gasteiger charge is -2.21. The van der Waals surface area contributed by atoms with Crippen LogP contribution in [0.3, 0.4) is 0 Å². The number of hydrogen-bond donors (Lipinski definition) is 0. The minimum Gasteiger partial charge on any atom is -0.381 e. The quantitative estimate of drug-likeness (QED) is 0.176. The zero-order valence-electron chi connectivity index (χ0n) is 19.7. The van der Waals surface area contributed by atoms with Crippen molar-refractivity contribution in [3.8, 4) is 0 Å². The maximum absolute atomic E-state index is 5.45. The normalized spacial score (nSPS) is 15.3. The first-order chi connectivity index (χ1) is 13.9. The molecule has 1 saturated heterocycles. The van der Waals surface area contributed by atoms with Crippen LogP contribution in [0.4, 0.5) is 0 Å². The lowest BCUT2D eigenvalue weighted by molar-refractivity contribution is 0.0631. The van der Waals surface area contributed by atoms with Gasteiger partial charge in [0.2, 0.25) is 0 Å². The summed E-state index contributed by atoms with van der Waals surface area (Å²) in [5.74, 6) is 0.976. The van der Waals surface area contributed by atoms with Crippen molar-refractivity contribution < 1.29 is 4.74 Å². The van der Waals surface area contributed by atoms with E-state index >= 15 is 0 Å². The predicted molar refractivity (Wildman–Crippen MR) is 126 cm³/mol. The Morgan fingerprint density at radius 1 is 0.464 bits per heavy atom. The maximum Gasteiger partial charge on any atom is 0.0468 e. The van der Waals surface area contributed by atoms with Crippen molar-refractivity contribution in [3.05, 3.63) is 0 Å². The average molecular weight is 395 g/mol. The molecule has 1 aliphatic heterocycles. The fourth-order valence-corrected chi connectivity index (χ4v) is 4.72. The molecule has 0 radical (unpaired) electrons. The summed E-state index contributed by atoms with van der Waals surface area (Å²) in [5, 5.41) is 0. The molecule has 1 heteroatoms. The first kappa shape index (κ1) is 26.0. The van der Waals surface area contributed by atoms with Crippen LogP contribution in [0.1, 0.15) is 155 Å². The molecule has 0 spiro atoms. The topological polar surface area (TPSA) is 9.23 Å². The molecule has 0 aromatic heterocycles. The number of ether oxygens (including phenoxy) is 1. The zero-order valence-corrected chi connectivity index (χ0v) is 19.7. The van der Waals surface area contributed by atoms with E-state index in [0.717, 1.165) is 19.1 Å². The Balaban J connectivity index is 1.64. The van der Waals surface area contributed by atoms with Crippen LogP contribution in [0.15, 0.2) is 0 Å². The van der Waals surface area contributed by atoms with Crippen molar-refractivity contribution in [2.75, 3.05) is 13.2 Å². The summed E-state index contributed by atoms with van der Waals surface area (Å²) in [5.41, 5.74) is 0. The molecular formula is C27H54O. The van der Waals surface area contributed by atoms with Crippen LogP contribution in [0.5, 0.6) is 0 Å². The minimum atomic E-state index is 0.976. The van der Waals surface area contributed by atoms with Crippen LogP contribution in [0.2, 0.25) is 0 Å². The molecule has 1 aliphatic rings. The van der Waals surface area contributed by atoms with E-state index in [1.807, 2.05) is 0 Å². The highest BCUT2D eigenvalue weighted by molar-refractivity contribution is 4.63. The van der Waals surface area contributed by atoms with Crippen molar-refractivity contribution in [2.45, 2.75) is 155 Å². The molecule has 1 nitrogen and oxygen atoms in total. The third-order valence-corrected chi connectivity index (χ3v) is 6.81. The Morgan fingerprint density at radius 2 is 0.786 bits per heavy atom. The van der Waals surface area contributed by atoms with Gasteiger partial charge in [0.1, 0.15) is 0 Å². The van der Waals surface area contributed by atoms with Crippen LogP contribution in [-0.4, -0.2) is 13.2 Å². The van der Waals surface area contributed by atoms with Gasteiger partial charge in [-0.1, -0.05) is 142 Å². The Morgan fingerprint density at radius 3 is 1.14 bits per heavy atom. The lowest BCUT2D eigenvalue weighted by atomic mass is 9.93. The molecule has 0 amide bonds. The molecule has 0 N–H and O–H groups in total. The van der Waals surface area contributed by atoms with Crippen molar-refractivity contribution >= 4 is 0 Å². The molecule has 1 heterocycles. The lowest BCUT2D eigenvalue weighted by Crippen LogP contribution is -2.15. The molecule has 0 aromatic rings. The van der Waals surface area contributed by atoms with Crippen LogP contribution >= 0.6 is 0 Å². The van der Waals surface area contributed by atoms with E-state index in [1.54, 1.807) is 0 Å². The third kappa shape index (κ3) is 18.0. The van der Waals surface area contributed by atoms with Crippen molar-refractivity contribution in [1.29, 1.82) is 0 Å². The molecule has 0 aliphatic carbocycles. The van der Waals surface area contributed by atoms with Crippen LogP contribution in [0.25, 0.3) is 0 Å². The summed E-state index contributed by atoms with van der Waals surface area (Å²) in [7, 11) is 0. The van der Waals surface area contributed by atoms with E-state index in [1.165, 1.54) is 148 Å². The Kier molecular flexibility index (Phi) is 20.1. The number of hydrogen-bond acceptors (Lipinski definition) is 1. The van der Waals surface area contributed by atoms with Gasteiger partial charge >= 0.3 is 0 Å². The van der Waals surface area contributed by atoms with Gasteiger partial charge in [0, 0.05) is 13.2 Å². The van der Waals surface area contributed by atoms with Crippen LogP contribution in [-0.2, 0) is 4.74 Å². The largest absolute Gasteiger partial charge is 0.381 e. The molecule has 168 valence electrons. The van der Waals surface area contributed by atoms with E-state index in [2.05, 4.69) is 6.92 Å². The SMILES string of the molecule is CCCCCCCCCCCCCCCCCCCCCCC1CCOCC1. The summed E-state index contributed by atoms with van der Waals surface area (Å²) in [6.45, 7) is 4.34. The Bertz CT molecular complexity index is 282. The van der Waals surface area contributed by atoms with Gasteiger partial charge < -0.3 is 4.74 Å². The van der Waals surface area contributed by atoms with Gasteiger partial charge in [-0.3, -0.25) is 0 Å². The molecule has 28 heavy (non-hydrogen) atoms. The minimum absolute atomic E-state index is 0.976. The fourth-order valence-electron chi connectivity index (χ4n) is 4.72. The highest BCUT2D eigenvalue weighted by Gasteiger charge is 2.12. The molecular weight excluding hydrogens is 340 g/mol. The summed E-state index contributed by atoms with van der Waals surface area (Å²) < 4.78 is 5.45. The fraction of sp³-hybridized carbons (Fsp3) is 1.00. The van der Waals surface area contributed by atoms with E-state index in [-0.39, 0.29) is 0 Å². The molecule has 0 bridgehead atoms.